The van der Waals surface area contributed by atoms with Crippen LogP contribution in [0.25, 0.3) is 0 Å². The lowest BCUT2D eigenvalue weighted by Crippen LogP contribution is -2.33. The normalized spacial score (nSPS) is 18.2. The van der Waals surface area contributed by atoms with Gasteiger partial charge in [0.1, 0.15) is 6.04 Å². The molecule has 0 aliphatic carbocycles. The van der Waals surface area contributed by atoms with Crippen molar-refractivity contribution >= 4 is 17.5 Å². The molecule has 2 atom stereocenters. The van der Waals surface area contributed by atoms with Gasteiger partial charge in [0, 0.05) is 11.7 Å². The van der Waals surface area contributed by atoms with Crippen molar-refractivity contribution in [3.05, 3.63) is 71.5 Å². The number of hydrogen-bond acceptors (Lipinski definition) is 4. The second kappa shape index (κ2) is 7.98. The molecule has 2 unspecified atom stereocenters. The van der Waals surface area contributed by atoms with Gasteiger partial charge in [-0.2, -0.15) is 4.98 Å². The number of anilines is 2. The highest BCUT2D eigenvalue weighted by Gasteiger charge is 2.34. The molecular weight excluding hydrogens is 376 g/mol. The third-order valence-corrected chi connectivity index (χ3v) is 4.91. The maximum Gasteiger partial charge on any atom is 0.295 e. The van der Waals surface area contributed by atoms with Gasteiger partial charge in [-0.1, -0.05) is 48.5 Å². The molecule has 2 heterocycles. The van der Waals surface area contributed by atoms with Crippen molar-refractivity contribution in [3.63, 3.8) is 0 Å². The van der Waals surface area contributed by atoms with Crippen molar-refractivity contribution in [3.8, 4) is 0 Å². The Labute approximate surface area is 167 Å². The maximum atomic E-state index is 13.4. The van der Waals surface area contributed by atoms with Gasteiger partial charge in [-0.3, -0.25) is 4.79 Å². The summed E-state index contributed by atoms with van der Waals surface area (Å²) < 4.78 is 27.9. The summed E-state index contributed by atoms with van der Waals surface area (Å²) >= 11 is 0. The van der Waals surface area contributed by atoms with E-state index in [2.05, 4.69) is 20.7 Å². The van der Waals surface area contributed by atoms with Crippen LogP contribution in [-0.4, -0.2) is 33.1 Å². The number of alkyl halides is 2. The van der Waals surface area contributed by atoms with Gasteiger partial charge < -0.3 is 10.6 Å². The quantitative estimate of drug-likeness (QED) is 0.679. The van der Waals surface area contributed by atoms with E-state index in [9.17, 15) is 13.6 Å². The molecule has 0 fully saturated rings. The molecule has 6 nitrogen and oxygen atoms in total. The standard InChI is InChI=1S/C21H21F2N5O/c1-13-11-17(18(22)23)28-21(24-13)26-19(27-28)20(29)25-16-10-6-5-9-15(16)12-14-7-3-2-4-8-14/h2-10,13,17-18H,11-12H2,1H3,(H,25,29)(H,24,26,27). The Morgan fingerprint density at radius 3 is 2.69 bits per heavy atom. The number of hydrogen-bond donors (Lipinski definition) is 2. The average molecular weight is 397 g/mol. The van der Waals surface area contributed by atoms with Gasteiger partial charge in [0.2, 0.25) is 11.8 Å². The van der Waals surface area contributed by atoms with E-state index in [0.29, 0.717) is 12.1 Å². The highest BCUT2D eigenvalue weighted by molar-refractivity contribution is 6.02. The summed E-state index contributed by atoms with van der Waals surface area (Å²) in [5, 5.41) is 9.87. The number of aromatic nitrogens is 3. The Morgan fingerprint density at radius 1 is 1.21 bits per heavy atom. The molecule has 1 aliphatic rings. The van der Waals surface area contributed by atoms with E-state index in [0.717, 1.165) is 15.8 Å². The minimum atomic E-state index is -2.58. The van der Waals surface area contributed by atoms with Crippen molar-refractivity contribution in [1.29, 1.82) is 0 Å². The zero-order valence-electron chi connectivity index (χ0n) is 15.8. The first-order valence-electron chi connectivity index (χ1n) is 9.45. The number of fused-ring (bicyclic) bond motifs is 1. The Kier molecular flexibility index (Phi) is 5.24. The predicted molar refractivity (Wildman–Crippen MR) is 106 cm³/mol. The molecule has 1 amide bonds. The molecule has 0 saturated carbocycles. The fourth-order valence-corrected chi connectivity index (χ4v) is 3.49. The lowest BCUT2D eigenvalue weighted by molar-refractivity contribution is 0.0662. The number of nitrogens with one attached hydrogen (secondary N) is 2. The number of carbonyl (C=O) groups is 1. The number of benzene rings is 2. The Balaban J connectivity index is 1.56. The monoisotopic (exact) mass is 397 g/mol. The molecule has 0 saturated heterocycles. The first kappa shape index (κ1) is 19.0. The third-order valence-electron chi connectivity index (χ3n) is 4.91. The highest BCUT2D eigenvalue weighted by atomic mass is 19.3. The molecule has 4 rings (SSSR count). The molecule has 0 radical (unpaired) electrons. The molecule has 0 bridgehead atoms. The second-order valence-corrected chi connectivity index (χ2v) is 7.16. The molecule has 1 aliphatic heterocycles. The van der Waals surface area contributed by atoms with Gasteiger partial charge in [-0.15, -0.1) is 5.10 Å². The molecule has 8 heteroatoms. The Hall–Kier alpha value is -3.29. The van der Waals surface area contributed by atoms with Crippen molar-refractivity contribution in [2.24, 2.45) is 0 Å². The van der Waals surface area contributed by atoms with Crippen LogP contribution < -0.4 is 10.6 Å². The van der Waals surface area contributed by atoms with E-state index in [-0.39, 0.29) is 24.2 Å². The molecule has 150 valence electrons. The topological polar surface area (TPSA) is 71.8 Å². The molecule has 2 N–H and O–H groups in total. The van der Waals surface area contributed by atoms with E-state index in [1.54, 1.807) is 13.0 Å². The molecule has 29 heavy (non-hydrogen) atoms. The molecule has 0 spiro atoms. The molecule has 2 aromatic carbocycles. The van der Waals surface area contributed by atoms with Crippen LogP contribution in [0, 0.1) is 0 Å². The lowest BCUT2D eigenvalue weighted by Gasteiger charge is -2.28. The summed E-state index contributed by atoms with van der Waals surface area (Å²) in [4.78, 5) is 16.9. The van der Waals surface area contributed by atoms with Crippen LogP contribution in [0.2, 0.25) is 0 Å². The molecule has 1 aromatic heterocycles. The summed E-state index contributed by atoms with van der Waals surface area (Å²) in [5.41, 5.74) is 2.69. The van der Waals surface area contributed by atoms with Crippen LogP contribution in [0.3, 0.4) is 0 Å². The average Bonchev–Trinajstić information content (AvgIpc) is 3.13. The zero-order chi connectivity index (χ0) is 20.4. The van der Waals surface area contributed by atoms with Crippen molar-refractivity contribution in [2.45, 2.75) is 38.3 Å². The smallest absolute Gasteiger partial charge is 0.295 e. The summed E-state index contributed by atoms with van der Waals surface area (Å²) in [7, 11) is 0. The SMILES string of the molecule is CC1CC(C(F)F)n2nc(C(=O)Nc3ccccc3Cc3ccccc3)nc2N1. The van der Waals surface area contributed by atoms with Crippen LogP contribution in [0.15, 0.2) is 54.6 Å². The Bertz CT molecular complexity index is 1010. The minimum absolute atomic E-state index is 0.137. The fraction of sp³-hybridized carbons (Fsp3) is 0.286. The van der Waals surface area contributed by atoms with E-state index in [1.807, 2.05) is 48.5 Å². The van der Waals surface area contributed by atoms with Gasteiger partial charge >= 0.3 is 0 Å². The lowest BCUT2D eigenvalue weighted by atomic mass is 10.0. The first-order chi connectivity index (χ1) is 14.0. The highest BCUT2D eigenvalue weighted by Crippen LogP contribution is 2.30. The van der Waals surface area contributed by atoms with Gasteiger partial charge in [0.25, 0.3) is 12.3 Å². The van der Waals surface area contributed by atoms with Gasteiger partial charge in [0.05, 0.1) is 0 Å². The van der Waals surface area contributed by atoms with Crippen LogP contribution in [0.4, 0.5) is 20.4 Å². The molecule has 3 aromatic rings. The van der Waals surface area contributed by atoms with Crippen LogP contribution in [-0.2, 0) is 6.42 Å². The van der Waals surface area contributed by atoms with Crippen molar-refractivity contribution in [1.82, 2.24) is 14.8 Å². The fourth-order valence-electron chi connectivity index (χ4n) is 3.49. The van der Waals surface area contributed by atoms with Gasteiger partial charge in [-0.25, -0.2) is 13.5 Å². The Morgan fingerprint density at radius 2 is 1.93 bits per heavy atom. The number of carbonyl (C=O) groups excluding carboxylic acids is 1. The number of para-hydroxylation sites is 1. The third kappa shape index (κ3) is 4.11. The number of halogens is 2. The first-order valence-corrected chi connectivity index (χ1v) is 9.45. The summed E-state index contributed by atoms with van der Waals surface area (Å²) in [6, 6.07) is 16.1. The maximum absolute atomic E-state index is 13.4. The van der Waals surface area contributed by atoms with E-state index >= 15 is 0 Å². The van der Waals surface area contributed by atoms with Crippen molar-refractivity contribution < 1.29 is 13.6 Å². The van der Waals surface area contributed by atoms with Crippen LogP contribution in [0.5, 0.6) is 0 Å². The van der Waals surface area contributed by atoms with Crippen LogP contribution >= 0.6 is 0 Å². The largest absolute Gasteiger partial charge is 0.352 e. The van der Waals surface area contributed by atoms with Gasteiger partial charge in [0.15, 0.2) is 0 Å². The van der Waals surface area contributed by atoms with Crippen molar-refractivity contribution in [2.75, 3.05) is 10.6 Å². The minimum Gasteiger partial charge on any atom is -0.352 e. The summed E-state index contributed by atoms with van der Waals surface area (Å²) in [6.07, 6.45) is -1.71. The van der Waals surface area contributed by atoms with Crippen LogP contribution in [0.1, 0.15) is 41.1 Å². The van der Waals surface area contributed by atoms with Gasteiger partial charge in [-0.05, 0) is 37.0 Å². The number of rotatable bonds is 5. The summed E-state index contributed by atoms with van der Waals surface area (Å²) in [6.45, 7) is 1.80. The molecular formula is C21H21F2N5O. The number of amides is 1. The van der Waals surface area contributed by atoms with E-state index < -0.39 is 18.4 Å². The second-order valence-electron chi connectivity index (χ2n) is 7.16. The van der Waals surface area contributed by atoms with E-state index in [4.69, 9.17) is 0 Å². The zero-order valence-corrected chi connectivity index (χ0v) is 15.8. The predicted octanol–water partition coefficient (Wildman–Crippen LogP) is 4.13. The number of nitrogens with zero attached hydrogens (tertiary/aromatic N) is 3. The summed E-state index contributed by atoms with van der Waals surface area (Å²) in [5.74, 6) is -0.478. The van der Waals surface area contributed by atoms with E-state index in [1.165, 1.54) is 0 Å².